The van der Waals surface area contributed by atoms with Gasteiger partial charge in [-0.15, -0.1) is 11.8 Å². The van der Waals surface area contributed by atoms with Crippen molar-refractivity contribution < 1.29 is 28.0 Å². The SMILES string of the molecule is CSC1=CC(/C=C/N(C)C)=S(O[Cl+3]([O-])([O-])[O-])S1. The maximum absolute atomic E-state index is 10.6. The van der Waals surface area contributed by atoms with Crippen molar-refractivity contribution in [3.63, 3.8) is 0 Å². The lowest BCUT2D eigenvalue weighted by molar-refractivity contribution is -1.91. The van der Waals surface area contributed by atoms with E-state index in [1.54, 1.807) is 12.3 Å². The summed E-state index contributed by atoms with van der Waals surface area (Å²) in [5, 5.41) is 0. The highest BCUT2D eigenvalue weighted by atomic mass is 35.7. The van der Waals surface area contributed by atoms with Crippen LogP contribution in [0.15, 0.2) is 22.6 Å². The monoisotopic (exact) mass is 317 g/mol. The number of nitrogens with zero attached hydrogens (tertiary/aromatic N) is 1. The van der Waals surface area contributed by atoms with Crippen molar-refractivity contribution in [1.29, 1.82) is 0 Å². The van der Waals surface area contributed by atoms with Crippen LogP contribution in [0.25, 0.3) is 0 Å². The molecule has 1 atom stereocenters. The van der Waals surface area contributed by atoms with Crippen molar-refractivity contribution in [2.75, 3.05) is 20.4 Å². The Balaban J connectivity index is 2.86. The molecule has 1 rings (SSSR count). The molecule has 0 bridgehead atoms. The molecule has 1 aliphatic heterocycles. The molecule has 0 aromatic heterocycles. The summed E-state index contributed by atoms with van der Waals surface area (Å²) in [6, 6.07) is 0. The molecule has 1 aliphatic rings. The Morgan fingerprint density at radius 1 is 1.47 bits per heavy atom. The Hall–Kier alpha value is 0.330. The summed E-state index contributed by atoms with van der Waals surface area (Å²) >= 11 is 1.48. The summed E-state index contributed by atoms with van der Waals surface area (Å²) in [6.07, 6.45) is 7.20. The molecule has 98 valence electrons. The van der Waals surface area contributed by atoms with Gasteiger partial charge in [0.2, 0.25) is 0 Å². The molecule has 1 heterocycles. The maximum atomic E-state index is 10.6. The Morgan fingerprint density at radius 3 is 2.59 bits per heavy atom. The second-order valence-corrected chi connectivity index (χ2v) is 8.43. The van der Waals surface area contributed by atoms with Crippen molar-refractivity contribution >= 4 is 37.2 Å². The average Bonchev–Trinajstić information content (AvgIpc) is 2.55. The fraction of sp³-hybridized carbons (Fsp3) is 0.375. The molecule has 0 amide bonds. The van der Waals surface area contributed by atoms with Crippen molar-refractivity contribution in [1.82, 2.24) is 4.90 Å². The van der Waals surface area contributed by atoms with E-state index in [1.807, 2.05) is 31.3 Å². The molecule has 0 spiro atoms. The molecule has 0 saturated heterocycles. The van der Waals surface area contributed by atoms with Gasteiger partial charge in [0, 0.05) is 14.1 Å². The number of allylic oxidation sites excluding steroid dienone is 2. The van der Waals surface area contributed by atoms with E-state index in [0.29, 0.717) is 4.86 Å². The van der Waals surface area contributed by atoms with Crippen LogP contribution in [0.4, 0.5) is 0 Å². The molecule has 17 heavy (non-hydrogen) atoms. The zero-order valence-corrected chi connectivity index (χ0v) is 12.6. The number of thioether (sulfide) groups is 1. The van der Waals surface area contributed by atoms with Gasteiger partial charge in [0.1, 0.15) is 3.74 Å². The molecule has 0 aromatic carbocycles. The largest absolute Gasteiger partial charge is 0.383 e. The van der Waals surface area contributed by atoms with Crippen LogP contribution >= 0.6 is 32.4 Å². The summed E-state index contributed by atoms with van der Waals surface area (Å²) in [5.41, 5.74) is 0. The topological polar surface area (TPSA) is 81.7 Å². The molecule has 0 N–H and O–H groups in total. The van der Waals surface area contributed by atoms with Crippen molar-refractivity contribution in [2.24, 2.45) is 0 Å². The van der Waals surface area contributed by atoms with Gasteiger partial charge in [0.15, 0.2) is 9.80 Å². The molecular weight excluding hydrogens is 306 g/mol. The maximum Gasteiger partial charge on any atom is 0.180 e. The lowest BCUT2D eigenvalue weighted by atomic mass is 10.4. The highest BCUT2D eigenvalue weighted by molar-refractivity contribution is 8.85. The summed E-state index contributed by atoms with van der Waals surface area (Å²) in [7, 11) is -0.563. The number of hydrogen-bond acceptors (Lipinski definition) is 7. The van der Waals surface area contributed by atoms with Crippen LogP contribution in [0, 0.1) is 10.2 Å². The van der Waals surface area contributed by atoms with Gasteiger partial charge in [0.05, 0.1) is 19.3 Å². The van der Waals surface area contributed by atoms with Crippen molar-refractivity contribution in [3.05, 3.63) is 22.6 Å². The molecular formula is C8H12ClNO4S3. The number of rotatable bonds is 5. The summed E-state index contributed by atoms with van der Waals surface area (Å²) in [6.45, 7) is 0. The van der Waals surface area contributed by atoms with Gasteiger partial charge < -0.3 is 4.90 Å². The van der Waals surface area contributed by atoms with Gasteiger partial charge >= 0.3 is 0 Å². The predicted molar refractivity (Wildman–Crippen MR) is 65.7 cm³/mol. The molecule has 1 unspecified atom stereocenters. The molecule has 0 saturated carbocycles. The molecule has 0 aromatic rings. The van der Waals surface area contributed by atoms with E-state index in [9.17, 15) is 14.0 Å². The summed E-state index contributed by atoms with van der Waals surface area (Å²) in [5.74, 6) is 0. The molecule has 5 nitrogen and oxygen atoms in total. The van der Waals surface area contributed by atoms with Gasteiger partial charge in [-0.05, 0) is 35.4 Å². The van der Waals surface area contributed by atoms with E-state index >= 15 is 0 Å². The number of halogens is 1. The van der Waals surface area contributed by atoms with Gasteiger partial charge in [-0.2, -0.15) is 14.0 Å². The minimum Gasteiger partial charge on any atom is -0.383 e. The van der Waals surface area contributed by atoms with Crippen LogP contribution < -0.4 is 14.0 Å². The average molecular weight is 318 g/mol. The lowest BCUT2D eigenvalue weighted by Gasteiger charge is -2.12. The number of hydrogen-bond donors (Lipinski definition) is 0. The Bertz CT molecular complexity index is 375. The first-order valence-electron chi connectivity index (χ1n) is 4.32. The smallest absolute Gasteiger partial charge is 0.180 e. The van der Waals surface area contributed by atoms with Crippen LogP contribution in [-0.2, 0) is 3.74 Å². The van der Waals surface area contributed by atoms with E-state index < -0.39 is 20.0 Å². The van der Waals surface area contributed by atoms with Crippen molar-refractivity contribution in [3.8, 4) is 0 Å². The third kappa shape index (κ3) is 5.66. The zero-order valence-electron chi connectivity index (χ0n) is 9.41. The third-order valence-corrected chi connectivity index (χ3v) is 7.25. The van der Waals surface area contributed by atoms with Crippen LogP contribution in [0.1, 0.15) is 0 Å². The normalized spacial score (nSPS) is 21.2. The van der Waals surface area contributed by atoms with Gasteiger partial charge in [-0.3, -0.25) is 0 Å². The summed E-state index contributed by atoms with van der Waals surface area (Å²) < 4.78 is 37.1. The highest BCUT2D eigenvalue weighted by Gasteiger charge is 2.29. The van der Waals surface area contributed by atoms with Crippen LogP contribution in [0.2, 0.25) is 0 Å². The van der Waals surface area contributed by atoms with Crippen LogP contribution in [-0.4, -0.2) is 30.1 Å². The Labute approximate surface area is 113 Å². The third-order valence-electron chi connectivity index (χ3n) is 1.48. The first kappa shape index (κ1) is 15.4. The summed E-state index contributed by atoms with van der Waals surface area (Å²) in [4.78, 5) is 2.49. The minimum atomic E-state index is -4.40. The van der Waals surface area contributed by atoms with E-state index in [1.165, 1.54) is 22.6 Å². The lowest BCUT2D eigenvalue weighted by Crippen LogP contribution is -2.60. The second kappa shape index (κ2) is 6.48. The minimum absolute atomic E-state index is 0.681. The first-order valence-corrected chi connectivity index (χ1v) is 9.27. The van der Waals surface area contributed by atoms with E-state index in [0.717, 1.165) is 4.24 Å². The van der Waals surface area contributed by atoms with E-state index in [2.05, 4.69) is 3.74 Å². The van der Waals surface area contributed by atoms with Crippen LogP contribution in [0.5, 0.6) is 0 Å². The van der Waals surface area contributed by atoms with Crippen molar-refractivity contribution in [2.45, 2.75) is 0 Å². The highest BCUT2D eigenvalue weighted by Crippen LogP contribution is 2.49. The standard InChI is InChI=1S/C8H12ClNO4S3/c1-10(2)5-4-7-6-8(15-3)16-17(7)14-9(11,12)13/h4-6H,1-3H3/b5-4+. The first-order chi connectivity index (χ1) is 7.81. The fourth-order valence-electron chi connectivity index (χ4n) is 0.849. The van der Waals surface area contributed by atoms with E-state index in [4.69, 9.17) is 0 Å². The van der Waals surface area contributed by atoms with Gasteiger partial charge in [-0.25, -0.2) is 0 Å². The Morgan fingerprint density at radius 2 is 2.12 bits per heavy atom. The molecule has 0 aliphatic carbocycles. The fourth-order valence-corrected chi connectivity index (χ4v) is 6.44. The Kier molecular flexibility index (Phi) is 5.87. The van der Waals surface area contributed by atoms with Gasteiger partial charge in [0.25, 0.3) is 0 Å². The molecule has 9 heteroatoms. The van der Waals surface area contributed by atoms with Crippen LogP contribution in [0.3, 0.4) is 0 Å². The van der Waals surface area contributed by atoms with Gasteiger partial charge in [-0.1, -0.05) is 0 Å². The molecule has 0 radical (unpaired) electrons. The second-order valence-electron chi connectivity index (χ2n) is 3.11. The molecule has 0 fully saturated rings. The zero-order chi connectivity index (χ0) is 13.1. The van der Waals surface area contributed by atoms with E-state index in [-0.39, 0.29) is 0 Å². The predicted octanol–water partition coefficient (Wildman–Crippen LogP) is -0.802. The quantitative estimate of drug-likeness (QED) is 0.373.